The van der Waals surface area contributed by atoms with Crippen molar-refractivity contribution in [1.82, 2.24) is 4.57 Å². The molecule has 3 rings (SSSR count). The quantitative estimate of drug-likeness (QED) is 0.753. The molecule has 0 bridgehead atoms. The molecule has 1 aromatic heterocycles. The fraction of sp³-hybridized carbons (Fsp3) is 0.278. The molecule has 6 heteroatoms. The van der Waals surface area contributed by atoms with Gasteiger partial charge in [0.2, 0.25) is 0 Å². The van der Waals surface area contributed by atoms with E-state index in [-0.39, 0.29) is 35.6 Å². The van der Waals surface area contributed by atoms with Crippen molar-refractivity contribution in [2.45, 2.75) is 26.3 Å². The predicted octanol–water partition coefficient (Wildman–Crippen LogP) is 2.96. The molecule has 0 saturated heterocycles. The van der Waals surface area contributed by atoms with Crippen molar-refractivity contribution < 1.29 is 14.3 Å². The Morgan fingerprint density at radius 2 is 2.00 bits per heavy atom. The van der Waals surface area contributed by atoms with Gasteiger partial charge in [0.15, 0.2) is 5.78 Å². The number of fused-ring (bicyclic) bond motifs is 1. The van der Waals surface area contributed by atoms with Gasteiger partial charge in [0.25, 0.3) is 5.56 Å². The summed E-state index contributed by atoms with van der Waals surface area (Å²) in [6, 6.07) is 9.11. The van der Waals surface area contributed by atoms with Crippen molar-refractivity contribution in [2.24, 2.45) is 0 Å². The first kappa shape index (κ1) is 16.6. The Balaban J connectivity index is 2.13. The summed E-state index contributed by atoms with van der Waals surface area (Å²) < 4.78 is 7.35. The van der Waals surface area contributed by atoms with E-state index in [4.69, 9.17) is 4.74 Å². The molecular formula is C18H16BrNO4. The molecule has 0 aliphatic carbocycles. The van der Waals surface area contributed by atoms with Crippen LogP contribution in [0.2, 0.25) is 0 Å². The monoisotopic (exact) mass is 389 g/mol. The third-order valence-electron chi connectivity index (χ3n) is 4.02. The summed E-state index contributed by atoms with van der Waals surface area (Å²) in [5.41, 5.74) is 1.55. The summed E-state index contributed by atoms with van der Waals surface area (Å²) in [4.78, 5) is 37.0. The SMILES string of the molecule is CCOC(=O)c1cc(Cc2ccccc2Br)c(=O)n2c1C(=O)CC2. The zero-order valence-corrected chi connectivity index (χ0v) is 14.8. The number of hydrogen-bond acceptors (Lipinski definition) is 4. The Labute approximate surface area is 147 Å². The number of Topliss-reactive ketones (excluding diaryl/α,β-unsaturated/α-hetero) is 1. The zero-order valence-electron chi connectivity index (χ0n) is 13.2. The van der Waals surface area contributed by atoms with Gasteiger partial charge in [0.1, 0.15) is 5.69 Å². The van der Waals surface area contributed by atoms with Crippen LogP contribution in [0.3, 0.4) is 0 Å². The van der Waals surface area contributed by atoms with Crippen LogP contribution in [0.25, 0.3) is 0 Å². The van der Waals surface area contributed by atoms with Crippen LogP contribution in [0.5, 0.6) is 0 Å². The van der Waals surface area contributed by atoms with Gasteiger partial charge in [-0.05, 0) is 24.6 Å². The molecule has 124 valence electrons. The Hall–Kier alpha value is -2.21. The molecular weight excluding hydrogens is 374 g/mol. The minimum Gasteiger partial charge on any atom is -0.462 e. The topological polar surface area (TPSA) is 65.4 Å². The minimum absolute atomic E-state index is 0.175. The van der Waals surface area contributed by atoms with Crippen LogP contribution in [-0.2, 0) is 17.7 Å². The molecule has 0 spiro atoms. The van der Waals surface area contributed by atoms with E-state index in [1.165, 1.54) is 10.6 Å². The van der Waals surface area contributed by atoms with Crippen molar-refractivity contribution in [3.63, 3.8) is 0 Å². The van der Waals surface area contributed by atoms with Gasteiger partial charge >= 0.3 is 5.97 Å². The van der Waals surface area contributed by atoms with Crippen LogP contribution in [0.15, 0.2) is 39.6 Å². The molecule has 0 fully saturated rings. The number of carbonyl (C=O) groups is 2. The number of hydrogen-bond donors (Lipinski definition) is 0. The van der Waals surface area contributed by atoms with Gasteiger partial charge in [-0.3, -0.25) is 9.59 Å². The van der Waals surface area contributed by atoms with Gasteiger partial charge in [-0.2, -0.15) is 0 Å². The molecule has 2 aromatic rings. The average molecular weight is 390 g/mol. The molecule has 1 aliphatic heterocycles. The first-order valence-electron chi connectivity index (χ1n) is 7.73. The van der Waals surface area contributed by atoms with Gasteiger partial charge in [0.05, 0.1) is 12.2 Å². The van der Waals surface area contributed by atoms with Crippen molar-refractivity contribution in [2.75, 3.05) is 6.61 Å². The van der Waals surface area contributed by atoms with Crippen LogP contribution < -0.4 is 5.56 Å². The molecule has 0 N–H and O–H groups in total. The van der Waals surface area contributed by atoms with Gasteiger partial charge in [0, 0.05) is 29.4 Å². The maximum atomic E-state index is 12.7. The smallest absolute Gasteiger partial charge is 0.340 e. The number of carbonyl (C=O) groups excluding carboxylic acids is 2. The molecule has 0 saturated carbocycles. The van der Waals surface area contributed by atoms with Gasteiger partial charge < -0.3 is 9.30 Å². The Morgan fingerprint density at radius 1 is 1.25 bits per heavy atom. The fourth-order valence-electron chi connectivity index (χ4n) is 2.91. The van der Waals surface area contributed by atoms with Gasteiger partial charge in [-0.1, -0.05) is 34.1 Å². The van der Waals surface area contributed by atoms with E-state index in [0.717, 1.165) is 10.0 Å². The summed E-state index contributed by atoms with van der Waals surface area (Å²) in [6.07, 6.45) is 0.612. The van der Waals surface area contributed by atoms with E-state index in [1.54, 1.807) is 6.92 Å². The van der Waals surface area contributed by atoms with E-state index in [0.29, 0.717) is 18.5 Å². The second-order valence-electron chi connectivity index (χ2n) is 5.55. The van der Waals surface area contributed by atoms with Crippen molar-refractivity contribution in [3.8, 4) is 0 Å². The zero-order chi connectivity index (χ0) is 17.3. The molecule has 5 nitrogen and oxygen atoms in total. The van der Waals surface area contributed by atoms with Crippen LogP contribution in [0.1, 0.15) is 45.3 Å². The van der Waals surface area contributed by atoms with Crippen LogP contribution in [-0.4, -0.2) is 22.9 Å². The second-order valence-corrected chi connectivity index (χ2v) is 6.40. The van der Waals surface area contributed by atoms with Crippen molar-refractivity contribution >= 4 is 27.7 Å². The number of rotatable bonds is 4. The van der Waals surface area contributed by atoms with Gasteiger partial charge in [-0.15, -0.1) is 0 Å². The van der Waals surface area contributed by atoms with Crippen LogP contribution in [0.4, 0.5) is 0 Å². The standard InChI is InChI=1S/C18H16BrNO4/c1-2-24-18(23)13-10-12(9-11-5-3-4-6-14(11)19)17(22)20-8-7-15(21)16(13)20/h3-6,10H,2,7-9H2,1H3. The summed E-state index contributed by atoms with van der Waals surface area (Å²) in [7, 11) is 0. The average Bonchev–Trinajstić information content (AvgIpc) is 2.94. The Kier molecular flexibility index (Phi) is 4.66. The molecule has 1 aliphatic rings. The highest BCUT2D eigenvalue weighted by Gasteiger charge is 2.29. The maximum Gasteiger partial charge on any atom is 0.340 e. The molecule has 0 unspecified atom stereocenters. The lowest BCUT2D eigenvalue weighted by Crippen LogP contribution is -2.27. The highest BCUT2D eigenvalue weighted by Crippen LogP contribution is 2.23. The summed E-state index contributed by atoms with van der Waals surface area (Å²) in [6.45, 7) is 2.23. The Bertz CT molecular complexity index is 885. The summed E-state index contributed by atoms with van der Waals surface area (Å²) in [5.74, 6) is -0.757. The Morgan fingerprint density at radius 3 is 2.71 bits per heavy atom. The van der Waals surface area contributed by atoms with Crippen LogP contribution >= 0.6 is 15.9 Å². The number of nitrogens with zero attached hydrogens (tertiary/aromatic N) is 1. The van der Waals surface area contributed by atoms with Crippen molar-refractivity contribution in [1.29, 1.82) is 0 Å². The lowest BCUT2D eigenvalue weighted by Gasteiger charge is -2.12. The molecule has 0 amide bonds. The number of aromatic nitrogens is 1. The molecule has 0 radical (unpaired) electrons. The summed E-state index contributed by atoms with van der Waals surface area (Å²) in [5, 5.41) is 0. The van der Waals surface area contributed by atoms with Crippen LogP contribution in [0, 0.1) is 0 Å². The largest absolute Gasteiger partial charge is 0.462 e. The third kappa shape index (κ3) is 2.94. The third-order valence-corrected chi connectivity index (χ3v) is 4.80. The molecule has 0 atom stereocenters. The molecule has 1 aromatic carbocycles. The lowest BCUT2D eigenvalue weighted by molar-refractivity contribution is 0.0522. The lowest BCUT2D eigenvalue weighted by atomic mass is 10.0. The number of benzene rings is 1. The number of pyridine rings is 1. The predicted molar refractivity (Wildman–Crippen MR) is 92.6 cm³/mol. The second kappa shape index (κ2) is 6.73. The number of ketones is 1. The van der Waals surface area contributed by atoms with E-state index >= 15 is 0 Å². The number of esters is 1. The maximum absolute atomic E-state index is 12.7. The molecule has 2 heterocycles. The first-order chi connectivity index (χ1) is 11.5. The summed E-state index contributed by atoms with van der Waals surface area (Å²) >= 11 is 3.47. The number of halogens is 1. The van der Waals surface area contributed by atoms with Crippen molar-refractivity contribution in [3.05, 3.63) is 67.5 Å². The van der Waals surface area contributed by atoms with E-state index in [1.807, 2.05) is 24.3 Å². The fourth-order valence-corrected chi connectivity index (χ4v) is 3.33. The highest BCUT2D eigenvalue weighted by atomic mass is 79.9. The normalized spacial score (nSPS) is 13.0. The van der Waals surface area contributed by atoms with E-state index in [9.17, 15) is 14.4 Å². The van der Waals surface area contributed by atoms with Gasteiger partial charge in [-0.25, -0.2) is 4.79 Å². The van der Waals surface area contributed by atoms with E-state index in [2.05, 4.69) is 15.9 Å². The molecule has 24 heavy (non-hydrogen) atoms. The number of ether oxygens (including phenoxy) is 1. The highest BCUT2D eigenvalue weighted by molar-refractivity contribution is 9.10. The first-order valence-corrected chi connectivity index (χ1v) is 8.52. The van der Waals surface area contributed by atoms with E-state index < -0.39 is 5.97 Å². The minimum atomic E-state index is -0.565.